The number of hydrogen-bond acceptors (Lipinski definition) is 6. The monoisotopic (exact) mass is 877 g/mol. The molecule has 0 radical (unpaired) electrons. The maximum absolute atomic E-state index is 7.76. The molecule has 0 bridgehead atoms. The summed E-state index contributed by atoms with van der Waals surface area (Å²) in [5, 5.41) is 0. The first-order valence-corrected chi connectivity index (χ1v) is 25.3. The predicted octanol–water partition coefficient (Wildman–Crippen LogP) is 9.57. The third kappa shape index (κ3) is 4.95. The Bertz CT molecular complexity index is 3450. The molecule has 8 aliphatic rings. The van der Waals surface area contributed by atoms with Crippen LogP contribution in [-0.4, -0.2) is 39.6 Å². The van der Waals surface area contributed by atoms with Gasteiger partial charge in [0, 0.05) is 94.7 Å². The lowest BCUT2D eigenvalue weighted by Crippen LogP contribution is -2.65. The second-order valence-corrected chi connectivity index (χ2v) is 20.2. The van der Waals surface area contributed by atoms with Crippen molar-refractivity contribution in [1.82, 2.24) is 0 Å². The molecule has 68 heavy (non-hydrogen) atoms. The van der Waals surface area contributed by atoms with Gasteiger partial charge in [0.05, 0.1) is 5.69 Å². The number of nitrogens with zero attached hydrogens (tertiary/aromatic N) is 5. The lowest BCUT2D eigenvalue weighted by atomic mass is 9.30. The van der Waals surface area contributed by atoms with Gasteiger partial charge >= 0.3 is 0 Å². The van der Waals surface area contributed by atoms with E-state index in [4.69, 9.17) is 4.74 Å². The molecule has 0 aromatic heterocycles. The van der Waals surface area contributed by atoms with E-state index in [0.717, 1.165) is 76.2 Å². The first kappa shape index (κ1) is 37.7. The molecule has 0 saturated heterocycles. The van der Waals surface area contributed by atoms with E-state index in [1.54, 1.807) is 0 Å². The van der Waals surface area contributed by atoms with Crippen LogP contribution in [0.4, 0.5) is 62.6 Å². The Balaban J connectivity index is 1.03. The SMILES string of the molecule is c1ccc(N2c3ccccc3B3c4cc5c(cc4Oc4c6c7c(c2c43)CCCN7CCC6)N(c2ccccc2)c2c3c4c(c6c2B5c2ccccc2N6c2ccccc2)CCCN4CCC3)cc1. The smallest absolute Gasteiger partial charge is 0.256 e. The van der Waals surface area contributed by atoms with Gasteiger partial charge in [-0.05, 0) is 149 Å². The van der Waals surface area contributed by atoms with Crippen LogP contribution in [0.15, 0.2) is 152 Å². The number of rotatable bonds is 3. The van der Waals surface area contributed by atoms with Crippen LogP contribution in [-0.2, 0) is 25.7 Å². The molecule has 0 amide bonds. The van der Waals surface area contributed by atoms with Crippen molar-refractivity contribution in [1.29, 1.82) is 0 Å². The Morgan fingerprint density at radius 2 is 0.765 bits per heavy atom. The van der Waals surface area contributed by atoms with E-state index in [2.05, 4.69) is 176 Å². The lowest BCUT2D eigenvalue weighted by Gasteiger charge is -2.50. The fourth-order valence-electron chi connectivity index (χ4n) is 14.4. The van der Waals surface area contributed by atoms with Crippen molar-refractivity contribution < 1.29 is 4.74 Å². The Morgan fingerprint density at radius 3 is 1.28 bits per heavy atom. The molecule has 8 aliphatic heterocycles. The second-order valence-electron chi connectivity index (χ2n) is 20.2. The van der Waals surface area contributed by atoms with Gasteiger partial charge in [0.1, 0.15) is 11.5 Å². The van der Waals surface area contributed by atoms with E-state index < -0.39 is 0 Å². The summed E-state index contributed by atoms with van der Waals surface area (Å²) in [6.07, 6.45) is 8.90. The van der Waals surface area contributed by atoms with Crippen LogP contribution < -0.4 is 62.0 Å². The van der Waals surface area contributed by atoms with E-state index in [1.807, 2.05) is 0 Å². The molecule has 0 atom stereocenters. The summed E-state index contributed by atoms with van der Waals surface area (Å²) in [6.45, 7) is 4.47. The average molecular weight is 878 g/mol. The zero-order chi connectivity index (χ0) is 44.2. The third-order valence-corrected chi connectivity index (χ3v) is 16.8. The van der Waals surface area contributed by atoms with Gasteiger partial charge < -0.3 is 29.2 Å². The zero-order valence-corrected chi connectivity index (χ0v) is 38.2. The number of hydrogen-bond donors (Lipinski definition) is 0. The maximum Gasteiger partial charge on any atom is 0.256 e. The molecule has 0 fully saturated rings. The van der Waals surface area contributed by atoms with Crippen LogP contribution >= 0.6 is 0 Å². The highest BCUT2D eigenvalue weighted by molar-refractivity contribution is 7.02. The summed E-state index contributed by atoms with van der Waals surface area (Å²) in [5.41, 5.74) is 28.6. The van der Waals surface area contributed by atoms with Crippen LogP contribution in [0.5, 0.6) is 11.5 Å². The molecule has 8 aromatic carbocycles. The van der Waals surface area contributed by atoms with E-state index in [0.29, 0.717) is 0 Å². The molecular weight excluding hydrogens is 828 g/mol. The number of para-hydroxylation sites is 5. The standard InChI is InChI=1S/C60H49B2N5O/c1-4-18-38(19-5-1)65-49-30-12-10-28-45(49)61-47-36-48-52(37-51(47)67(40-22-8-3-9-23-40)58-42-25-15-33-63-32-14-24-41(55(42)63)57(65)53(58)61)68-60-44-27-17-35-64-34-16-26-43(56(44)64)59-54(60)62(48)46-29-11-13-31-50(46)66(59)39-20-6-2-7-21-39/h1-13,18-23,28-31,36-37H,14-17,24-27,32-35H2. The van der Waals surface area contributed by atoms with Crippen LogP contribution in [0.3, 0.4) is 0 Å². The summed E-state index contributed by atoms with van der Waals surface area (Å²) >= 11 is 0. The Morgan fingerprint density at radius 1 is 0.353 bits per heavy atom. The van der Waals surface area contributed by atoms with Crippen LogP contribution in [0.2, 0.25) is 0 Å². The molecular formula is C60H49B2N5O. The van der Waals surface area contributed by atoms with E-state index in [9.17, 15) is 0 Å². The second kappa shape index (κ2) is 14.1. The maximum atomic E-state index is 7.76. The Hall–Kier alpha value is -7.31. The Kier molecular flexibility index (Phi) is 7.83. The normalized spacial score (nSPS) is 17.2. The van der Waals surface area contributed by atoms with Crippen molar-refractivity contribution in [2.75, 3.05) is 50.7 Å². The van der Waals surface area contributed by atoms with E-state index >= 15 is 0 Å². The topological polar surface area (TPSA) is 25.4 Å². The van der Waals surface area contributed by atoms with Crippen LogP contribution in [0.1, 0.15) is 47.9 Å². The number of ether oxygens (including phenoxy) is 1. The van der Waals surface area contributed by atoms with Crippen molar-refractivity contribution in [3.05, 3.63) is 174 Å². The van der Waals surface area contributed by atoms with Gasteiger partial charge in [0.2, 0.25) is 0 Å². The zero-order valence-electron chi connectivity index (χ0n) is 38.2. The summed E-state index contributed by atoms with van der Waals surface area (Å²) < 4.78 is 7.76. The van der Waals surface area contributed by atoms with Gasteiger partial charge in [0.25, 0.3) is 13.4 Å². The molecule has 6 nitrogen and oxygen atoms in total. The first-order chi connectivity index (χ1) is 33.8. The molecule has 0 saturated carbocycles. The minimum absolute atomic E-state index is 0.00741. The number of benzene rings is 8. The minimum Gasteiger partial charge on any atom is -0.458 e. The third-order valence-electron chi connectivity index (χ3n) is 16.8. The molecule has 8 heterocycles. The Labute approximate surface area is 399 Å². The van der Waals surface area contributed by atoms with Crippen molar-refractivity contribution >= 4 is 109 Å². The first-order valence-electron chi connectivity index (χ1n) is 25.3. The number of anilines is 11. The van der Waals surface area contributed by atoms with Gasteiger partial charge in [-0.1, -0.05) is 97.1 Å². The van der Waals surface area contributed by atoms with Crippen molar-refractivity contribution in [3.63, 3.8) is 0 Å². The fraction of sp³-hybridized carbons (Fsp3) is 0.200. The summed E-state index contributed by atoms with van der Waals surface area (Å²) in [4.78, 5) is 13.3. The van der Waals surface area contributed by atoms with E-state index in [-0.39, 0.29) is 13.4 Å². The lowest BCUT2D eigenvalue weighted by molar-refractivity contribution is 0.476. The fourth-order valence-corrected chi connectivity index (χ4v) is 14.4. The molecule has 326 valence electrons. The summed E-state index contributed by atoms with van der Waals surface area (Å²) in [5.74, 6) is 2.09. The number of fused-ring (bicyclic) bond motifs is 12. The van der Waals surface area contributed by atoms with Gasteiger partial charge in [-0.2, -0.15) is 0 Å². The predicted molar refractivity (Wildman–Crippen MR) is 284 cm³/mol. The molecule has 0 N–H and O–H groups in total. The van der Waals surface area contributed by atoms with Gasteiger partial charge in [-0.15, -0.1) is 0 Å². The van der Waals surface area contributed by atoms with Gasteiger partial charge in [-0.25, -0.2) is 0 Å². The van der Waals surface area contributed by atoms with Crippen molar-refractivity contribution in [2.24, 2.45) is 0 Å². The van der Waals surface area contributed by atoms with Crippen molar-refractivity contribution in [2.45, 2.75) is 51.4 Å². The summed E-state index contributed by atoms with van der Waals surface area (Å²) in [6, 6.07) is 57.3. The highest BCUT2D eigenvalue weighted by Crippen LogP contribution is 2.55. The minimum atomic E-state index is 0.00741. The highest BCUT2D eigenvalue weighted by Gasteiger charge is 2.51. The van der Waals surface area contributed by atoms with Crippen LogP contribution in [0, 0.1) is 0 Å². The molecule has 16 rings (SSSR count). The molecule has 0 unspecified atom stereocenters. The van der Waals surface area contributed by atoms with E-state index in [1.165, 1.54) is 130 Å². The highest BCUT2D eigenvalue weighted by atomic mass is 16.5. The quantitative estimate of drug-likeness (QED) is 0.164. The molecule has 8 aromatic rings. The van der Waals surface area contributed by atoms with Gasteiger partial charge in [-0.3, -0.25) is 0 Å². The van der Waals surface area contributed by atoms with Crippen molar-refractivity contribution in [3.8, 4) is 11.5 Å². The molecule has 0 spiro atoms. The van der Waals surface area contributed by atoms with Crippen LogP contribution in [0.25, 0.3) is 0 Å². The molecule has 0 aliphatic carbocycles. The average Bonchev–Trinajstić information content (AvgIpc) is 3.40. The molecule has 8 heteroatoms. The summed E-state index contributed by atoms with van der Waals surface area (Å²) in [7, 11) is 0. The largest absolute Gasteiger partial charge is 0.458 e. The van der Waals surface area contributed by atoms with Gasteiger partial charge in [0.15, 0.2) is 0 Å².